The van der Waals surface area contributed by atoms with E-state index in [2.05, 4.69) is 39.0 Å². The van der Waals surface area contributed by atoms with E-state index in [0.717, 1.165) is 16.7 Å². The number of allylic oxidation sites excluding steroid dienone is 1. The number of benzene rings is 3. The summed E-state index contributed by atoms with van der Waals surface area (Å²) in [7, 11) is 4.87. The minimum absolute atomic E-state index is 0.0226. The van der Waals surface area contributed by atoms with Crippen LogP contribution in [-0.2, 0) is 30.6 Å². The van der Waals surface area contributed by atoms with Gasteiger partial charge in [0.2, 0.25) is 5.78 Å². The van der Waals surface area contributed by atoms with Gasteiger partial charge in [-0.2, -0.15) is 0 Å². The topological polar surface area (TPSA) is 115 Å². The Labute approximate surface area is 335 Å². The SMILES string of the molecule is CN(C)Cc1cc(OCc2ccccc2)c2c(c1Cl)C[C@H]1C[C@H]3[C@H](N(C)C)c4onc(OCc5ccccc5)c4C(=O)[C@@]3(O[Si](C)(C)C(C)(C)C)C(O)=C1C2=O. The Balaban J connectivity index is 1.42. The van der Waals surface area contributed by atoms with Crippen LogP contribution in [-0.4, -0.2) is 73.7 Å². The van der Waals surface area contributed by atoms with Gasteiger partial charge in [0.15, 0.2) is 25.5 Å². The van der Waals surface area contributed by atoms with E-state index in [0.29, 0.717) is 47.0 Å². The van der Waals surface area contributed by atoms with Crippen molar-refractivity contribution in [1.29, 1.82) is 0 Å². The normalized spacial score (nSPS) is 22.2. The lowest BCUT2D eigenvalue weighted by Gasteiger charge is -2.55. The van der Waals surface area contributed by atoms with Crippen LogP contribution in [0.3, 0.4) is 0 Å². The maximum Gasteiger partial charge on any atom is 0.265 e. The maximum atomic E-state index is 15.5. The summed E-state index contributed by atoms with van der Waals surface area (Å²) in [6, 6.07) is 20.6. The van der Waals surface area contributed by atoms with Crippen molar-refractivity contribution < 1.29 is 33.1 Å². The molecular weight excluding hydrogens is 746 g/mol. The lowest BCUT2D eigenvalue weighted by molar-refractivity contribution is -0.0480. The first-order valence-corrected chi connectivity index (χ1v) is 22.5. The minimum atomic E-state index is -2.88. The van der Waals surface area contributed by atoms with Crippen molar-refractivity contribution in [2.75, 3.05) is 28.2 Å². The van der Waals surface area contributed by atoms with Crippen LogP contribution < -0.4 is 9.47 Å². The molecule has 0 saturated carbocycles. The second-order valence-corrected chi connectivity index (χ2v) is 22.5. The first kappa shape index (κ1) is 40.0. The molecule has 0 aliphatic heterocycles. The van der Waals surface area contributed by atoms with Gasteiger partial charge in [0.05, 0.1) is 11.6 Å². The van der Waals surface area contributed by atoms with Crippen LogP contribution in [0.15, 0.2) is 82.6 Å². The van der Waals surface area contributed by atoms with Gasteiger partial charge >= 0.3 is 0 Å². The summed E-state index contributed by atoms with van der Waals surface area (Å²) in [5.41, 5.74) is 1.99. The summed E-state index contributed by atoms with van der Waals surface area (Å²) < 4.78 is 26.0. The largest absolute Gasteiger partial charge is 0.508 e. The summed E-state index contributed by atoms with van der Waals surface area (Å²) in [6.45, 7) is 11.3. The molecule has 3 aromatic carbocycles. The Morgan fingerprint density at radius 3 is 2.12 bits per heavy atom. The van der Waals surface area contributed by atoms with Crippen molar-refractivity contribution in [3.8, 4) is 11.6 Å². The molecule has 1 N–H and O–H groups in total. The Hall–Kier alpha value is -4.26. The van der Waals surface area contributed by atoms with Gasteiger partial charge < -0.3 is 28.4 Å². The van der Waals surface area contributed by atoms with E-state index in [1.54, 1.807) is 0 Å². The molecule has 56 heavy (non-hydrogen) atoms. The van der Waals surface area contributed by atoms with Crippen molar-refractivity contribution in [2.45, 2.75) is 83.1 Å². The van der Waals surface area contributed by atoms with Crippen LogP contribution in [0.25, 0.3) is 0 Å². The quantitative estimate of drug-likeness (QED) is 0.148. The standard InChI is InChI=1S/C44H52ClN3O7Si/c1-43(2,3)56(8,9)55-44-31(37(48(6)7)39-35(41(44)51)42(46-54-39)53-25-27-18-14-11-15-19-27)21-28-20-30-34(38(49)33(28)40(44)50)32(22-29(36(30)45)23-47(4)5)52-24-26-16-12-10-13-17-26/h10-19,22,28,31,37,50H,20-21,23-25H2,1-9H3/t28-,31-,37-,44-/m0/s1. The molecule has 0 radical (unpaired) electrons. The Morgan fingerprint density at radius 2 is 1.55 bits per heavy atom. The number of aliphatic hydroxyl groups is 1. The number of ether oxygens (including phenoxy) is 2. The number of aromatic nitrogens is 1. The van der Waals surface area contributed by atoms with Crippen LogP contribution in [0.1, 0.15) is 82.0 Å². The minimum Gasteiger partial charge on any atom is -0.508 e. The van der Waals surface area contributed by atoms with Gasteiger partial charge in [-0.15, -0.1) is 0 Å². The van der Waals surface area contributed by atoms with Gasteiger partial charge in [0.25, 0.3) is 5.88 Å². The fraction of sp³-hybridized carbons (Fsp3) is 0.432. The summed E-state index contributed by atoms with van der Waals surface area (Å²) in [5.74, 6) is -1.67. The van der Waals surface area contributed by atoms with Gasteiger partial charge in [-0.05, 0) is 98.6 Å². The molecule has 4 atom stereocenters. The molecule has 0 unspecified atom stereocenters. The molecule has 0 bridgehead atoms. The summed E-state index contributed by atoms with van der Waals surface area (Å²) in [5, 5.41) is 17.4. The number of rotatable bonds is 11. The van der Waals surface area contributed by atoms with Gasteiger partial charge in [-0.25, -0.2) is 0 Å². The summed E-state index contributed by atoms with van der Waals surface area (Å²) in [4.78, 5) is 34.8. The summed E-state index contributed by atoms with van der Waals surface area (Å²) >= 11 is 7.21. The lowest BCUT2D eigenvalue weighted by atomic mass is 9.58. The highest BCUT2D eigenvalue weighted by molar-refractivity contribution is 6.74. The fourth-order valence-corrected chi connectivity index (χ4v) is 10.1. The van der Waals surface area contributed by atoms with Crippen LogP contribution in [0.5, 0.6) is 11.6 Å². The van der Waals surface area contributed by atoms with Crippen LogP contribution in [0, 0.1) is 11.8 Å². The number of halogens is 1. The van der Waals surface area contributed by atoms with E-state index >= 15 is 9.59 Å². The second-order valence-electron chi connectivity index (χ2n) is 17.4. The molecule has 1 aromatic heterocycles. The monoisotopic (exact) mass is 797 g/mol. The molecular formula is C44H52ClN3O7Si. The smallest absolute Gasteiger partial charge is 0.265 e. The number of carbonyl (C=O) groups excluding carboxylic acids is 2. The van der Waals surface area contributed by atoms with E-state index in [9.17, 15) is 5.11 Å². The highest BCUT2D eigenvalue weighted by atomic mass is 35.5. The molecule has 10 nitrogen and oxygen atoms in total. The third-order valence-electron chi connectivity index (χ3n) is 12.0. The third-order valence-corrected chi connectivity index (χ3v) is 16.9. The first-order chi connectivity index (χ1) is 26.5. The molecule has 0 fully saturated rings. The molecule has 0 amide bonds. The number of carbonyl (C=O) groups is 2. The molecule has 0 spiro atoms. The van der Waals surface area contributed by atoms with Gasteiger partial charge in [-0.1, -0.05) is 93.0 Å². The van der Waals surface area contributed by atoms with E-state index < -0.39 is 43.4 Å². The number of Topliss-reactive ketones (excluding diaryl/α,β-unsaturated/α-hetero) is 2. The van der Waals surface area contributed by atoms with Crippen LogP contribution >= 0.6 is 11.6 Å². The van der Waals surface area contributed by atoms with Crippen molar-refractivity contribution in [2.24, 2.45) is 11.8 Å². The Morgan fingerprint density at radius 1 is 0.946 bits per heavy atom. The average molecular weight is 798 g/mol. The number of ketones is 2. The average Bonchev–Trinajstić information content (AvgIpc) is 3.56. The van der Waals surface area contributed by atoms with E-state index in [-0.39, 0.29) is 41.0 Å². The number of fused-ring (bicyclic) bond motifs is 4. The van der Waals surface area contributed by atoms with E-state index in [4.69, 9.17) is 30.0 Å². The highest BCUT2D eigenvalue weighted by Gasteiger charge is 2.67. The van der Waals surface area contributed by atoms with Crippen molar-refractivity contribution in [3.05, 3.63) is 122 Å². The zero-order valence-electron chi connectivity index (χ0n) is 33.7. The molecule has 4 aromatic rings. The second kappa shape index (κ2) is 14.9. The van der Waals surface area contributed by atoms with Gasteiger partial charge in [-0.3, -0.25) is 14.5 Å². The van der Waals surface area contributed by atoms with E-state index in [1.807, 2.05) is 105 Å². The highest BCUT2D eigenvalue weighted by Crippen LogP contribution is 2.60. The van der Waals surface area contributed by atoms with Crippen molar-refractivity contribution >= 4 is 31.5 Å². The lowest BCUT2D eigenvalue weighted by Crippen LogP contribution is -2.65. The fourth-order valence-electron chi connectivity index (χ4n) is 8.35. The van der Waals surface area contributed by atoms with Gasteiger partial charge in [0.1, 0.15) is 30.3 Å². The molecule has 296 valence electrons. The Kier molecular flexibility index (Phi) is 10.6. The Bertz CT molecular complexity index is 2180. The van der Waals surface area contributed by atoms with Crippen LogP contribution in [0.2, 0.25) is 23.2 Å². The summed E-state index contributed by atoms with van der Waals surface area (Å²) in [6.07, 6.45) is 0.695. The molecule has 7 rings (SSSR count). The third kappa shape index (κ3) is 6.81. The predicted molar refractivity (Wildman–Crippen MR) is 218 cm³/mol. The molecule has 3 aliphatic carbocycles. The molecule has 12 heteroatoms. The van der Waals surface area contributed by atoms with Gasteiger partial charge in [0, 0.05) is 23.1 Å². The van der Waals surface area contributed by atoms with Crippen molar-refractivity contribution in [1.82, 2.24) is 15.0 Å². The number of hydrogen-bond acceptors (Lipinski definition) is 10. The number of aliphatic hydroxyl groups excluding tert-OH is 1. The zero-order chi connectivity index (χ0) is 40.3. The maximum absolute atomic E-state index is 15.5. The molecule has 1 heterocycles. The number of nitrogens with zero attached hydrogens (tertiary/aromatic N) is 3. The number of hydrogen-bond donors (Lipinski definition) is 1. The van der Waals surface area contributed by atoms with E-state index in [1.165, 1.54) is 0 Å². The zero-order valence-corrected chi connectivity index (χ0v) is 35.5. The van der Waals surface area contributed by atoms with Crippen LogP contribution in [0.4, 0.5) is 0 Å². The first-order valence-electron chi connectivity index (χ1n) is 19.2. The van der Waals surface area contributed by atoms with Crippen molar-refractivity contribution in [3.63, 3.8) is 0 Å². The predicted octanol–water partition coefficient (Wildman–Crippen LogP) is 8.99. The molecule has 0 saturated heterocycles. The molecule has 3 aliphatic rings.